The number of anilines is 1. The molecule has 5 nitrogen and oxygen atoms in total. The summed E-state index contributed by atoms with van der Waals surface area (Å²) in [5.41, 5.74) is 2.74. The molecule has 2 saturated carbocycles. The summed E-state index contributed by atoms with van der Waals surface area (Å²) in [6, 6.07) is 8.25. The van der Waals surface area contributed by atoms with Gasteiger partial charge in [-0.15, -0.1) is 24.0 Å². The number of guanidine groups is 1. The molecular formula is C21H31IN4O. The average molecular weight is 482 g/mol. The summed E-state index contributed by atoms with van der Waals surface area (Å²) >= 11 is 0. The molecule has 0 atom stereocenters. The third-order valence-corrected chi connectivity index (χ3v) is 6.03. The predicted octanol–water partition coefficient (Wildman–Crippen LogP) is 3.68. The van der Waals surface area contributed by atoms with Gasteiger partial charge in [-0.3, -0.25) is 4.79 Å². The number of hydrogen-bond acceptors (Lipinski definition) is 2. The number of hydrogen-bond donors (Lipinski definition) is 2. The summed E-state index contributed by atoms with van der Waals surface area (Å²) in [4.78, 5) is 18.5. The third kappa shape index (κ3) is 4.95. The van der Waals surface area contributed by atoms with Gasteiger partial charge in [0.1, 0.15) is 0 Å². The smallest absolute Gasteiger partial charge is 0.227 e. The number of aliphatic imine (C=N–C) groups is 1. The van der Waals surface area contributed by atoms with Gasteiger partial charge in [0.15, 0.2) is 5.96 Å². The molecule has 3 aliphatic rings. The van der Waals surface area contributed by atoms with Gasteiger partial charge in [0.25, 0.3) is 0 Å². The van der Waals surface area contributed by atoms with Gasteiger partial charge in [0.2, 0.25) is 5.91 Å². The van der Waals surface area contributed by atoms with Gasteiger partial charge in [0, 0.05) is 31.7 Å². The second-order valence-electron chi connectivity index (χ2n) is 8.00. The van der Waals surface area contributed by atoms with E-state index in [-0.39, 0.29) is 29.9 Å². The van der Waals surface area contributed by atoms with Crippen LogP contribution in [0.5, 0.6) is 0 Å². The fourth-order valence-corrected chi connectivity index (χ4v) is 4.06. The average Bonchev–Trinajstić information content (AvgIpc) is 3.56. The van der Waals surface area contributed by atoms with E-state index in [1.807, 2.05) is 17.0 Å². The highest BCUT2D eigenvalue weighted by Crippen LogP contribution is 2.60. The molecule has 2 N–H and O–H groups in total. The summed E-state index contributed by atoms with van der Waals surface area (Å²) in [5, 5.41) is 6.92. The van der Waals surface area contributed by atoms with Gasteiger partial charge < -0.3 is 15.5 Å². The zero-order valence-electron chi connectivity index (χ0n) is 16.2. The molecule has 1 aromatic rings. The van der Waals surface area contributed by atoms with Gasteiger partial charge in [-0.1, -0.05) is 12.1 Å². The van der Waals surface area contributed by atoms with Crippen molar-refractivity contribution < 1.29 is 4.79 Å². The van der Waals surface area contributed by atoms with Crippen LogP contribution in [0.1, 0.15) is 51.0 Å². The molecule has 1 saturated heterocycles. The molecule has 6 heteroatoms. The molecule has 3 fully saturated rings. The van der Waals surface area contributed by atoms with Crippen LogP contribution in [0.2, 0.25) is 0 Å². The van der Waals surface area contributed by atoms with Crippen LogP contribution in [0.25, 0.3) is 0 Å². The van der Waals surface area contributed by atoms with Gasteiger partial charge in [-0.05, 0) is 68.1 Å². The monoisotopic (exact) mass is 482 g/mol. The van der Waals surface area contributed by atoms with Crippen molar-refractivity contribution in [3.63, 3.8) is 0 Å². The fourth-order valence-electron chi connectivity index (χ4n) is 4.06. The number of nitrogens with one attached hydrogen (secondary N) is 2. The molecule has 1 aliphatic heterocycles. The molecule has 0 radical (unpaired) electrons. The quantitative estimate of drug-likeness (QED) is 0.354. The van der Waals surface area contributed by atoms with Gasteiger partial charge in [-0.2, -0.15) is 0 Å². The summed E-state index contributed by atoms with van der Waals surface area (Å²) in [6.07, 6.45) is 7.22. The Balaban J connectivity index is 0.00000210. The van der Waals surface area contributed by atoms with Crippen LogP contribution in [-0.4, -0.2) is 31.5 Å². The largest absolute Gasteiger partial charge is 0.357 e. The minimum Gasteiger partial charge on any atom is -0.357 e. The maximum Gasteiger partial charge on any atom is 0.227 e. The maximum absolute atomic E-state index is 11.8. The first kappa shape index (κ1) is 20.4. The minimum absolute atomic E-state index is 0. The van der Waals surface area contributed by atoms with E-state index in [0.717, 1.165) is 43.6 Å². The Bertz CT molecular complexity index is 680. The number of nitrogens with zero attached hydrogens (tertiary/aromatic N) is 2. The lowest BCUT2D eigenvalue weighted by atomic mass is 10.0. The normalized spacial score (nSPS) is 21.0. The minimum atomic E-state index is 0. The molecule has 1 heterocycles. The molecular weight excluding hydrogens is 451 g/mol. The SMILES string of the molecule is CCNC(=NCc1ccc(N2CCCC2=O)cc1)NCC1(C2CC2)CC1.I. The zero-order valence-corrected chi connectivity index (χ0v) is 18.5. The Labute approximate surface area is 179 Å². The molecule has 0 spiro atoms. The van der Waals surface area contributed by atoms with E-state index in [9.17, 15) is 4.79 Å². The lowest BCUT2D eigenvalue weighted by Gasteiger charge is -2.18. The summed E-state index contributed by atoms with van der Waals surface area (Å²) in [7, 11) is 0. The molecule has 148 valence electrons. The van der Waals surface area contributed by atoms with Crippen molar-refractivity contribution in [2.24, 2.45) is 16.3 Å². The van der Waals surface area contributed by atoms with Crippen molar-refractivity contribution in [2.45, 2.75) is 52.0 Å². The number of rotatable bonds is 7. The van der Waals surface area contributed by atoms with E-state index in [0.29, 0.717) is 18.4 Å². The number of amides is 1. The molecule has 0 bridgehead atoms. The van der Waals surface area contributed by atoms with E-state index >= 15 is 0 Å². The lowest BCUT2D eigenvalue weighted by Crippen LogP contribution is -2.40. The summed E-state index contributed by atoms with van der Waals surface area (Å²) in [5.74, 6) is 2.11. The lowest BCUT2D eigenvalue weighted by molar-refractivity contribution is -0.117. The summed E-state index contributed by atoms with van der Waals surface area (Å²) < 4.78 is 0. The zero-order chi connectivity index (χ0) is 18.0. The molecule has 2 aliphatic carbocycles. The topological polar surface area (TPSA) is 56.7 Å². The fraction of sp³-hybridized carbons (Fsp3) is 0.619. The first-order valence-electron chi connectivity index (χ1n) is 10.1. The van der Waals surface area contributed by atoms with E-state index < -0.39 is 0 Å². The molecule has 1 aromatic carbocycles. The Kier molecular flexibility index (Phi) is 6.65. The van der Waals surface area contributed by atoms with Crippen LogP contribution >= 0.6 is 24.0 Å². The Morgan fingerprint density at radius 2 is 1.96 bits per heavy atom. The highest BCUT2D eigenvalue weighted by molar-refractivity contribution is 14.0. The highest BCUT2D eigenvalue weighted by Gasteiger charge is 2.53. The van der Waals surface area contributed by atoms with Crippen LogP contribution in [0.3, 0.4) is 0 Å². The van der Waals surface area contributed by atoms with E-state index in [4.69, 9.17) is 4.99 Å². The molecule has 1 amide bonds. The first-order chi connectivity index (χ1) is 12.7. The molecule has 4 rings (SSSR count). The number of carbonyl (C=O) groups excluding carboxylic acids is 1. The number of halogens is 1. The number of carbonyl (C=O) groups is 1. The Morgan fingerprint density at radius 1 is 1.22 bits per heavy atom. The van der Waals surface area contributed by atoms with Gasteiger partial charge >= 0.3 is 0 Å². The van der Waals surface area contributed by atoms with Crippen molar-refractivity contribution in [3.05, 3.63) is 29.8 Å². The van der Waals surface area contributed by atoms with E-state index in [1.54, 1.807) is 0 Å². The van der Waals surface area contributed by atoms with Crippen molar-refractivity contribution in [1.82, 2.24) is 10.6 Å². The molecule has 27 heavy (non-hydrogen) atoms. The van der Waals surface area contributed by atoms with Crippen LogP contribution in [0, 0.1) is 11.3 Å². The predicted molar refractivity (Wildman–Crippen MR) is 121 cm³/mol. The summed E-state index contributed by atoms with van der Waals surface area (Å²) in [6.45, 7) is 5.53. The van der Waals surface area contributed by atoms with Crippen molar-refractivity contribution in [1.29, 1.82) is 0 Å². The third-order valence-electron chi connectivity index (χ3n) is 6.03. The molecule has 0 aromatic heterocycles. The second-order valence-corrected chi connectivity index (χ2v) is 8.00. The molecule has 0 unspecified atom stereocenters. The van der Waals surface area contributed by atoms with Crippen LogP contribution in [0.15, 0.2) is 29.3 Å². The van der Waals surface area contributed by atoms with Crippen LogP contribution < -0.4 is 15.5 Å². The van der Waals surface area contributed by atoms with Gasteiger partial charge in [-0.25, -0.2) is 4.99 Å². The standard InChI is InChI=1S/C21H30N4O.HI/c1-2-22-20(24-15-21(11-12-21)17-7-8-17)23-14-16-5-9-18(10-6-16)25-13-3-4-19(25)26;/h5-6,9-10,17H,2-4,7-8,11-15H2,1H3,(H2,22,23,24);1H. The Hall–Kier alpha value is -1.31. The maximum atomic E-state index is 11.8. The van der Waals surface area contributed by atoms with E-state index in [1.165, 1.54) is 31.2 Å². The number of benzene rings is 1. The highest BCUT2D eigenvalue weighted by atomic mass is 127. The van der Waals surface area contributed by atoms with Crippen molar-refractivity contribution >= 4 is 41.5 Å². The second kappa shape index (κ2) is 8.80. The van der Waals surface area contributed by atoms with Crippen molar-refractivity contribution in [3.8, 4) is 0 Å². The van der Waals surface area contributed by atoms with E-state index in [2.05, 4.69) is 29.7 Å². The van der Waals surface area contributed by atoms with Crippen LogP contribution in [-0.2, 0) is 11.3 Å². The van der Waals surface area contributed by atoms with Crippen molar-refractivity contribution in [2.75, 3.05) is 24.5 Å². The van der Waals surface area contributed by atoms with Crippen LogP contribution in [0.4, 0.5) is 5.69 Å². The Morgan fingerprint density at radius 3 is 2.52 bits per heavy atom. The first-order valence-corrected chi connectivity index (χ1v) is 10.1. The van der Waals surface area contributed by atoms with Gasteiger partial charge in [0.05, 0.1) is 6.54 Å².